The monoisotopic (exact) mass is 419 g/mol. The molecule has 0 aromatic heterocycles. The van der Waals surface area contributed by atoms with Crippen molar-refractivity contribution >= 4 is 33.4 Å². The zero-order valence-corrected chi connectivity index (χ0v) is 17.4. The minimum absolute atomic E-state index is 0.0594. The number of amides is 1. The summed E-state index contributed by atoms with van der Waals surface area (Å²) in [7, 11) is 0.689. The second-order valence-electron chi connectivity index (χ2n) is 5.96. The lowest BCUT2D eigenvalue weighted by atomic mass is 10.1. The molecule has 0 spiro atoms. The molecule has 0 aliphatic carbocycles. The smallest absolute Gasteiger partial charge is 0.242 e. The molecule has 0 fully saturated rings. The first-order valence-corrected chi connectivity index (χ1v) is 10.8. The molecule has 0 aliphatic rings. The number of rotatable bonds is 8. The average molecular weight is 420 g/mol. The van der Waals surface area contributed by atoms with Crippen molar-refractivity contribution in [3.05, 3.63) is 53.6 Å². The first kappa shape index (κ1) is 21.8. The Balaban J connectivity index is 2.07. The standard InChI is InChI=1S/C19H21N3O4S2/c1-22(2)28(24,25)16-8-9-18(26-3)17(10-16)21-19(23)13-27-12-15-7-5-4-6-14(15)11-20/h4-10H,12-13H2,1-3H3,(H,21,23). The van der Waals surface area contributed by atoms with Crippen LogP contribution in [0.4, 0.5) is 5.69 Å². The minimum atomic E-state index is -3.63. The van der Waals surface area contributed by atoms with Crippen molar-refractivity contribution in [2.75, 3.05) is 32.3 Å². The number of nitriles is 1. The molecule has 7 nitrogen and oxygen atoms in total. The van der Waals surface area contributed by atoms with Crippen LogP contribution in [-0.2, 0) is 20.6 Å². The van der Waals surface area contributed by atoms with Gasteiger partial charge in [0.1, 0.15) is 5.75 Å². The van der Waals surface area contributed by atoms with E-state index < -0.39 is 10.0 Å². The van der Waals surface area contributed by atoms with Crippen molar-refractivity contribution in [1.82, 2.24) is 4.31 Å². The van der Waals surface area contributed by atoms with E-state index in [0.717, 1.165) is 9.87 Å². The molecular formula is C19H21N3O4S2. The largest absolute Gasteiger partial charge is 0.495 e. The van der Waals surface area contributed by atoms with Crippen LogP contribution in [0.2, 0.25) is 0 Å². The third-order valence-electron chi connectivity index (χ3n) is 3.85. The summed E-state index contributed by atoms with van der Waals surface area (Å²) in [5.41, 5.74) is 1.73. The third kappa shape index (κ3) is 5.25. The Hall–Kier alpha value is -2.54. The van der Waals surface area contributed by atoms with Crippen molar-refractivity contribution < 1.29 is 17.9 Å². The van der Waals surface area contributed by atoms with E-state index in [0.29, 0.717) is 17.1 Å². The number of nitrogens with zero attached hydrogens (tertiary/aromatic N) is 2. The summed E-state index contributed by atoms with van der Waals surface area (Å²) >= 11 is 1.36. The van der Waals surface area contributed by atoms with Crippen LogP contribution in [0.15, 0.2) is 47.4 Å². The highest BCUT2D eigenvalue weighted by Crippen LogP contribution is 2.28. The molecule has 148 valence electrons. The number of sulfonamides is 1. The van der Waals surface area contributed by atoms with Crippen molar-refractivity contribution in [3.8, 4) is 11.8 Å². The second-order valence-corrected chi connectivity index (χ2v) is 9.10. The van der Waals surface area contributed by atoms with Crippen LogP contribution in [0.25, 0.3) is 0 Å². The summed E-state index contributed by atoms with van der Waals surface area (Å²) in [6, 6.07) is 13.7. The number of carbonyl (C=O) groups is 1. The number of methoxy groups -OCH3 is 1. The van der Waals surface area contributed by atoms with Crippen molar-refractivity contribution in [2.45, 2.75) is 10.6 Å². The molecule has 0 saturated heterocycles. The van der Waals surface area contributed by atoms with Gasteiger partial charge in [0.2, 0.25) is 15.9 Å². The quantitative estimate of drug-likeness (QED) is 0.706. The van der Waals surface area contributed by atoms with Gasteiger partial charge in [-0.2, -0.15) is 5.26 Å². The molecule has 0 aliphatic heterocycles. The number of nitrogens with one attached hydrogen (secondary N) is 1. The van der Waals surface area contributed by atoms with Crippen LogP contribution >= 0.6 is 11.8 Å². The van der Waals surface area contributed by atoms with E-state index in [1.165, 1.54) is 51.2 Å². The molecule has 0 atom stereocenters. The molecule has 2 aromatic carbocycles. The summed E-state index contributed by atoms with van der Waals surface area (Å²) in [6.07, 6.45) is 0. The predicted octanol–water partition coefficient (Wildman–Crippen LogP) is 2.69. The maximum absolute atomic E-state index is 12.3. The zero-order valence-electron chi connectivity index (χ0n) is 15.8. The molecule has 0 saturated carbocycles. The topological polar surface area (TPSA) is 99.5 Å². The van der Waals surface area contributed by atoms with Crippen LogP contribution in [0.1, 0.15) is 11.1 Å². The molecule has 28 heavy (non-hydrogen) atoms. The Morgan fingerprint density at radius 1 is 1.25 bits per heavy atom. The van der Waals surface area contributed by atoms with E-state index in [1.807, 2.05) is 12.1 Å². The third-order valence-corrected chi connectivity index (χ3v) is 6.64. The van der Waals surface area contributed by atoms with Gasteiger partial charge in [0.25, 0.3) is 0 Å². The van der Waals surface area contributed by atoms with Crippen LogP contribution in [0.5, 0.6) is 5.75 Å². The van der Waals surface area contributed by atoms with Gasteiger partial charge in [-0.05, 0) is 29.8 Å². The van der Waals surface area contributed by atoms with Gasteiger partial charge >= 0.3 is 0 Å². The maximum atomic E-state index is 12.3. The minimum Gasteiger partial charge on any atom is -0.495 e. The van der Waals surface area contributed by atoms with Crippen LogP contribution in [0, 0.1) is 11.3 Å². The number of thioether (sulfide) groups is 1. The summed E-state index contributed by atoms with van der Waals surface area (Å²) in [4.78, 5) is 12.4. The Bertz CT molecular complexity index is 998. The fraction of sp³-hybridized carbons (Fsp3) is 0.263. The summed E-state index contributed by atoms with van der Waals surface area (Å²) in [5, 5.41) is 11.8. The molecule has 0 unspecified atom stereocenters. The van der Waals surface area contributed by atoms with E-state index in [-0.39, 0.29) is 22.2 Å². The van der Waals surface area contributed by atoms with Crippen LogP contribution in [-0.4, -0.2) is 45.6 Å². The van der Waals surface area contributed by atoms with Gasteiger partial charge in [0.15, 0.2) is 0 Å². The Kier molecular flexibility index (Phi) is 7.45. The van der Waals surface area contributed by atoms with E-state index in [1.54, 1.807) is 12.1 Å². The lowest BCUT2D eigenvalue weighted by Crippen LogP contribution is -2.22. The molecule has 2 aromatic rings. The number of ether oxygens (including phenoxy) is 1. The van der Waals surface area contributed by atoms with E-state index >= 15 is 0 Å². The highest BCUT2D eigenvalue weighted by atomic mass is 32.2. The van der Waals surface area contributed by atoms with Crippen LogP contribution < -0.4 is 10.1 Å². The molecule has 0 radical (unpaired) electrons. The zero-order chi connectivity index (χ0) is 20.7. The fourth-order valence-corrected chi connectivity index (χ4v) is 4.11. The number of benzene rings is 2. The number of carbonyl (C=O) groups excluding carboxylic acids is 1. The van der Waals surface area contributed by atoms with Crippen molar-refractivity contribution in [3.63, 3.8) is 0 Å². The number of hydrogen-bond acceptors (Lipinski definition) is 6. The van der Waals surface area contributed by atoms with Crippen molar-refractivity contribution in [1.29, 1.82) is 5.26 Å². The molecule has 9 heteroatoms. The highest BCUT2D eigenvalue weighted by Gasteiger charge is 2.19. The number of hydrogen-bond donors (Lipinski definition) is 1. The maximum Gasteiger partial charge on any atom is 0.242 e. The predicted molar refractivity (Wildman–Crippen MR) is 110 cm³/mol. The van der Waals surface area contributed by atoms with E-state index in [9.17, 15) is 13.2 Å². The van der Waals surface area contributed by atoms with Gasteiger partial charge in [-0.15, -0.1) is 11.8 Å². The molecule has 1 N–H and O–H groups in total. The van der Waals surface area contributed by atoms with E-state index in [2.05, 4.69) is 11.4 Å². The molecule has 0 bridgehead atoms. The normalized spacial score (nSPS) is 11.1. The molecule has 1 amide bonds. The van der Waals surface area contributed by atoms with Gasteiger partial charge in [-0.3, -0.25) is 4.79 Å². The summed E-state index contributed by atoms with van der Waals surface area (Å²) in [6.45, 7) is 0. The summed E-state index contributed by atoms with van der Waals surface area (Å²) < 4.78 is 30.9. The van der Waals surface area contributed by atoms with Gasteiger partial charge in [0, 0.05) is 19.8 Å². The Morgan fingerprint density at radius 3 is 2.61 bits per heavy atom. The SMILES string of the molecule is COc1ccc(S(=O)(=O)N(C)C)cc1NC(=O)CSCc1ccccc1C#N. The van der Waals surface area contributed by atoms with Gasteiger partial charge in [-0.25, -0.2) is 12.7 Å². The highest BCUT2D eigenvalue weighted by molar-refractivity contribution is 7.99. The second kappa shape index (κ2) is 9.59. The first-order valence-electron chi connectivity index (χ1n) is 8.25. The first-order chi connectivity index (χ1) is 13.3. The number of anilines is 1. The Morgan fingerprint density at radius 2 is 1.96 bits per heavy atom. The van der Waals surface area contributed by atoms with Gasteiger partial charge in [-0.1, -0.05) is 18.2 Å². The van der Waals surface area contributed by atoms with Crippen LogP contribution in [0.3, 0.4) is 0 Å². The van der Waals surface area contributed by atoms with Gasteiger partial charge in [0.05, 0.1) is 35.1 Å². The van der Waals surface area contributed by atoms with Gasteiger partial charge < -0.3 is 10.1 Å². The lowest BCUT2D eigenvalue weighted by Gasteiger charge is -2.15. The Labute approximate surface area is 169 Å². The van der Waals surface area contributed by atoms with E-state index in [4.69, 9.17) is 10.00 Å². The molecular weight excluding hydrogens is 398 g/mol. The lowest BCUT2D eigenvalue weighted by molar-refractivity contribution is -0.113. The van der Waals surface area contributed by atoms with Crippen molar-refractivity contribution in [2.24, 2.45) is 0 Å². The summed E-state index contributed by atoms with van der Waals surface area (Å²) in [5.74, 6) is 0.736. The molecule has 0 heterocycles. The average Bonchev–Trinajstić information content (AvgIpc) is 2.68. The fourth-order valence-electron chi connectivity index (χ4n) is 2.35. The molecule has 2 rings (SSSR count).